The molecule has 2 fully saturated rings. The fourth-order valence-electron chi connectivity index (χ4n) is 4.03. The first-order valence-corrected chi connectivity index (χ1v) is 7.58. The Morgan fingerprint density at radius 1 is 1.15 bits per heavy atom. The Hall–Kier alpha value is -0.840. The minimum atomic E-state index is -0.277. The molecule has 3 aliphatic rings. The monoisotopic (exact) mass is 278 g/mol. The summed E-state index contributed by atoms with van der Waals surface area (Å²) in [6, 6.07) is 0. The Kier molecular flexibility index (Phi) is 3.23. The third kappa shape index (κ3) is 1.93. The van der Waals surface area contributed by atoms with E-state index in [1.165, 1.54) is 11.3 Å². The number of rotatable bonds is 1. The van der Waals surface area contributed by atoms with Gasteiger partial charge in [-0.1, -0.05) is 6.08 Å². The van der Waals surface area contributed by atoms with Crippen LogP contribution in [0.3, 0.4) is 0 Å². The van der Waals surface area contributed by atoms with Crippen LogP contribution in [0.5, 0.6) is 0 Å². The maximum absolute atomic E-state index is 10.5. The molecule has 0 aromatic carbocycles. The molecule has 0 radical (unpaired) electrons. The maximum Gasteiger partial charge on any atom is 0.0642 e. The van der Waals surface area contributed by atoms with Crippen molar-refractivity contribution in [1.82, 2.24) is 9.96 Å². The highest BCUT2D eigenvalue weighted by atomic mass is 16.5. The first kappa shape index (κ1) is 14.1. The molecular formula is C16H26N2O2. The number of hydroxylamine groups is 2. The summed E-state index contributed by atoms with van der Waals surface area (Å²) in [6.45, 7) is 12.1. The van der Waals surface area contributed by atoms with Gasteiger partial charge < -0.3 is 14.8 Å². The quantitative estimate of drug-likeness (QED) is 0.799. The summed E-state index contributed by atoms with van der Waals surface area (Å²) < 4.78 is 5.44. The zero-order valence-electron chi connectivity index (χ0n) is 13.0. The average molecular weight is 278 g/mol. The highest BCUT2D eigenvalue weighted by Gasteiger charge is 2.55. The van der Waals surface area contributed by atoms with Gasteiger partial charge in [-0.15, -0.1) is 0 Å². The van der Waals surface area contributed by atoms with Crippen LogP contribution in [0.2, 0.25) is 0 Å². The average Bonchev–Trinajstić information content (AvgIpc) is 2.58. The summed E-state index contributed by atoms with van der Waals surface area (Å²) in [6.07, 6.45) is 5.49. The van der Waals surface area contributed by atoms with E-state index in [1.807, 2.05) is 0 Å². The molecule has 0 bridgehead atoms. The third-order valence-electron chi connectivity index (χ3n) is 5.30. The third-order valence-corrected chi connectivity index (χ3v) is 5.30. The maximum atomic E-state index is 10.5. The van der Waals surface area contributed by atoms with Gasteiger partial charge in [0.1, 0.15) is 0 Å². The van der Waals surface area contributed by atoms with Gasteiger partial charge in [0.05, 0.1) is 18.8 Å². The molecule has 1 unspecified atom stereocenters. The smallest absolute Gasteiger partial charge is 0.0642 e. The van der Waals surface area contributed by atoms with E-state index in [4.69, 9.17) is 4.74 Å². The molecule has 1 aliphatic carbocycles. The molecule has 112 valence electrons. The van der Waals surface area contributed by atoms with Crippen LogP contribution in [0.1, 0.15) is 34.1 Å². The highest BCUT2D eigenvalue weighted by molar-refractivity contribution is 5.39. The molecule has 20 heavy (non-hydrogen) atoms. The SMILES string of the molecule is CC1(C)C2=CC=C(N3CCOCC3)CC2C(C)(C)N1O. The van der Waals surface area contributed by atoms with Gasteiger partial charge in [-0.25, -0.2) is 0 Å². The van der Waals surface area contributed by atoms with Crippen molar-refractivity contribution in [3.63, 3.8) is 0 Å². The largest absolute Gasteiger partial charge is 0.378 e. The van der Waals surface area contributed by atoms with Gasteiger partial charge in [-0.2, -0.15) is 5.06 Å². The second kappa shape index (κ2) is 4.58. The Bertz CT molecular complexity index is 459. The molecule has 0 aromatic rings. The van der Waals surface area contributed by atoms with E-state index >= 15 is 0 Å². The van der Waals surface area contributed by atoms with Crippen molar-refractivity contribution in [1.29, 1.82) is 0 Å². The van der Waals surface area contributed by atoms with E-state index in [0.29, 0.717) is 5.92 Å². The predicted octanol–water partition coefficient (Wildman–Crippen LogP) is 2.41. The highest BCUT2D eigenvalue weighted by Crippen LogP contribution is 2.51. The number of morpholine rings is 1. The molecule has 2 aliphatic heterocycles. The van der Waals surface area contributed by atoms with Gasteiger partial charge in [0, 0.05) is 30.2 Å². The minimum absolute atomic E-state index is 0.221. The van der Waals surface area contributed by atoms with Crippen molar-refractivity contribution in [3.05, 3.63) is 23.4 Å². The molecule has 2 heterocycles. The van der Waals surface area contributed by atoms with Gasteiger partial charge >= 0.3 is 0 Å². The Labute approximate surface area is 121 Å². The lowest BCUT2D eigenvalue weighted by molar-refractivity contribution is -0.193. The molecule has 1 N–H and O–H groups in total. The van der Waals surface area contributed by atoms with Gasteiger partial charge in [-0.05, 0) is 45.8 Å². The van der Waals surface area contributed by atoms with E-state index < -0.39 is 0 Å². The van der Waals surface area contributed by atoms with E-state index in [9.17, 15) is 5.21 Å². The van der Waals surface area contributed by atoms with Gasteiger partial charge in [0.15, 0.2) is 0 Å². The molecule has 1 atom stereocenters. The van der Waals surface area contributed by atoms with Gasteiger partial charge in [0.2, 0.25) is 0 Å². The van der Waals surface area contributed by atoms with Crippen molar-refractivity contribution in [2.24, 2.45) is 5.92 Å². The van der Waals surface area contributed by atoms with Gasteiger partial charge in [-0.3, -0.25) is 0 Å². The molecule has 2 saturated heterocycles. The standard InChI is InChI=1S/C16H26N2O2/c1-15(2)13-6-5-12(17-7-9-20-10-8-17)11-14(13)16(3,4)18(15)19/h5-6,14,19H,7-11H2,1-4H3. The lowest BCUT2D eigenvalue weighted by Gasteiger charge is -2.37. The first-order valence-electron chi connectivity index (χ1n) is 7.58. The van der Waals surface area contributed by atoms with Crippen LogP contribution in [0.15, 0.2) is 23.4 Å². The van der Waals surface area contributed by atoms with Crippen LogP contribution in [0.25, 0.3) is 0 Å². The van der Waals surface area contributed by atoms with Crippen LogP contribution in [0.4, 0.5) is 0 Å². The Morgan fingerprint density at radius 3 is 2.45 bits per heavy atom. The summed E-state index contributed by atoms with van der Waals surface area (Å²) in [5.74, 6) is 0.380. The fraction of sp³-hybridized carbons (Fsp3) is 0.750. The summed E-state index contributed by atoms with van der Waals surface area (Å²) in [5.41, 5.74) is 2.24. The fourth-order valence-corrected chi connectivity index (χ4v) is 4.03. The molecular weight excluding hydrogens is 252 g/mol. The molecule has 0 amide bonds. The summed E-state index contributed by atoms with van der Waals surface area (Å²) in [5, 5.41) is 12.1. The number of hydrogen-bond acceptors (Lipinski definition) is 4. The van der Waals surface area contributed by atoms with Crippen molar-refractivity contribution >= 4 is 0 Å². The zero-order chi connectivity index (χ0) is 14.5. The van der Waals surface area contributed by atoms with E-state index in [0.717, 1.165) is 32.7 Å². The van der Waals surface area contributed by atoms with E-state index in [2.05, 4.69) is 44.7 Å². The van der Waals surface area contributed by atoms with Crippen molar-refractivity contribution in [3.8, 4) is 0 Å². The lowest BCUT2D eigenvalue weighted by atomic mass is 9.76. The van der Waals surface area contributed by atoms with Crippen LogP contribution in [0, 0.1) is 5.92 Å². The van der Waals surface area contributed by atoms with Gasteiger partial charge in [0.25, 0.3) is 0 Å². The summed E-state index contributed by atoms with van der Waals surface area (Å²) in [4.78, 5) is 2.43. The number of fused-ring (bicyclic) bond motifs is 1. The second-order valence-corrected chi connectivity index (χ2v) is 7.16. The molecule has 0 saturated carbocycles. The Morgan fingerprint density at radius 2 is 1.80 bits per heavy atom. The molecule has 0 spiro atoms. The normalized spacial score (nSPS) is 32.6. The predicted molar refractivity (Wildman–Crippen MR) is 78.4 cm³/mol. The van der Waals surface area contributed by atoms with Crippen LogP contribution in [-0.2, 0) is 4.74 Å². The minimum Gasteiger partial charge on any atom is -0.378 e. The van der Waals surface area contributed by atoms with Crippen LogP contribution >= 0.6 is 0 Å². The summed E-state index contributed by atoms with van der Waals surface area (Å²) in [7, 11) is 0. The number of ether oxygens (including phenoxy) is 1. The van der Waals surface area contributed by atoms with Crippen LogP contribution < -0.4 is 0 Å². The second-order valence-electron chi connectivity index (χ2n) is 7.16. The summed E-state index contributed by atoms with van der Waals surface area (Å²) >= 11 is 0. The zero-order valence-corrected chi connectivity index (χ0v) is 13.0. The molecule has 3 rings (SSSR count). The molecule has 4 nitrogen and oxygen atoms in total. The molecule has 0 aromatic heterocycles. The van der Waals surface area contributed by atoms with Crippen LogP contribution in [-0.4, -0.2) is 52.6 Å². The Balaban J connectivity index is 1.89. The van der Waals surface area contributed by atoms with Crippen molar-refractivity contribution < 1.29 is 9.94 Å². The first-order chi connectivity index (χ1) is 9.35. The number of hydrogen-bond donors (Lipinski definition) is 1. The topological polar surface area (TPSA) is 35.9 Å². The van der Waals surface area contributed by atoms with E-state index in [-0.39, 0.29) is 11.1 Å². The number of allylic oxidation sites excluding steroid dienone is 3. The number of nitrogens with zero attached hydrogens (tertiary/aromatic N) is 2. The van der Waals surface area contributed by atoms with E-state index in [1.54, 1.807) is 5.06 Å². The van der Waals surface area contributed by atoms with Crippen molar-refractivity contribution in [2.75, 3.05) is 26.3 Å². The molecule has 4 heteroatoms. The van der Waals surface area contributed by atoms with Crippen molar-refractivity contribution in [2.45, 2.75) is 45.2 Å². The lowest BCUT2D eigenvalue weighted by Crippen LogP contribution is -2.47.